The fourth-order valence-electron chi connectivity index (χ4n) is 2.46. The highest BCUT2D eigenvalue weighted by Crippen LogP contribution is 2.28. The first-order chi connectivity index (χ1) is 10.4. The SMILES string of the molecule is OCCC#Cc1ccc(OCCSC2CCCCC2)cc1. The maximum absolute atomic E-state index is 8.68. The van der Waals surface area contributed by atoms with Gasteiger partial charge in [-0.15, -0.1) is 0 Å². The van der Waals surface area contributed by atoms with Crippen LogP contribution in [0, 0.1) is 11.8 Å². The molecular formula is C18H24O2S. The van der Waals surface area contributed by atoms with Crippen molar-refractivity contribution in [3.05, 3.63) is 29.8 Å². The van der Waals surface area contributed by atoms with Gasteiger partial charge in [-0.2, -0.15) is 11.8 Å². The summed E-state index contributed by atoms with van der Waals surface area (Å²) in [4.78, 5) is 0. The zero-order valence-corrected chi connectivity index (χ0v) is 13.3. The number of hydrogen-bond acceptors (Lipinski definition) is 3. The predicted molar refractivity (Wildman–Crippen MR) is 89.8 cm³/mol. The van der Waals surface area contributed by atoms with Crippen molar-refractivity contribution in [2.24, 2.45) is 0 Å². The summed E-state index contributed by atoms with van der Waals surface area (Å²) in [5.74, 6) is 7.91. The smallest absolute Gasteiger partial charge is 0.119 e. The van der Waals surface area contributed by atoms with Gasteiger partial charge in [-0.05, 0) is 37.1 Å². The van der Waals surface area contributed by atoms with Crippen LogP contribution in [0.15, 0.2) is 24.3 Å². The van der Waals surface area contributed by atoms with Crippen molar-refractivity contribution in [1.29, 1.82) is 0 Å². The summed E-state index contributed by atoms with van der Waals surface area (Å²) in [6.45, 7) is 0.892. The van der Waals surface area contributed by atoms with E-state index in [2.05, 4.69) is 23.6 Å². The van der Waals surface area contributed by atoms with Crippen molar-refractivity contribution in [1.82, 2.24) is 0 Å². The van der Waals surface area contributed by atoms with E-state index in [0.717, 1.165) is 28.9 Å². The highest BCUT2D eigenvalue weighted by molar-refractivity contribution is 7.99. The molecule has 1 aliphatic rings. The minimum atomic E-state index is 0.118. The van der Waals surface area contributed by atoms with Crippen LogP contribution in [-0.4, -0.2) is 29.3 Å². The largest absolute Gasteiger partial charge is 0.493 e. The summed E-state index contributed by atoms with van der Waals surface area (Å²) in [5.41, 5.74) is 0.965. The van der Waals surface area contributed by atoms with Crippen LogP contribution < -0.4 is 4.74 Å². The topological polar surface area (TPSA) is 29.5 Å². The number of aliphatic hydroxyl groups excluding tert-OH is 1. The quantitative estimate of drug-likeness (QED) is 0.639. The molecule has 3 heteroatoms. The first-order valence-corrected chi connectivity index (χ1v) is 8.87. The van der Waals surface area contributed by atoms with Crippen LogP contribution >= 0.6 is 11.8 Å². The highest BCUT2D eigenvalue weighted by Gasteiger charge is 2.13. The Morgan fingerprint density at radius 2 is 1.90 bits per heavy atom. The van der Waals surface area contributed by atoms with Gasteiger partial charge in [0.1, 0.15) is 5.75 Å². The van der Waals surface area contributed by atoms with E-state index in [4.69, 9.17) is 9.84 Å². The second kappa shape index (κ2) is 9.76. The molecule has 0 heterocycles. The molecule has 114 valence electrons. The van der Waals surface area contributed by atoms with Crippen molar-refractivity contribution < 1.29 is 9.84 Å². The normalized spacial score (nSPS) is 15.3. The number of rotatable bonds is 6. The molecule has 0 saturated heterocycles. The van der Waals surface area contributed by atoms with Crippen molar-refractivity contribution >= 4 is 11.8 Å². The van der Waals surface area contributed by atoms with Crippen LogP contribution in [0.3, 0.4) is 0 Å². The average Bonchev–Trinajstić information content (AvgIpc) is 2.54. The monoisotopic (exact) mass is 304 g/mol. The zero-order valence-electron chi connectivity index (χ0n) is 12.5. The Labute approximate surface area is 132 Å². The van der Waals surface area contributed by atoms with Gasteiger partial charge in [-0.25, -0.2) is 0 Å². The molecule has 1 N–H and O–H groups in total. The number of ether oxygens (including phenoxy) is 1. The molecule has 2 rings (SSSR count). The molecule has 0 aromatic heterocycles. The molecule has 0 spiro atoms. The summed E-state index contributed by atoms with van der Waals surface area (Å²) in [6, 6.07) is 7.87. The van der Waals surface area contributed by atoms with Gasteiger partial charge in [-0.1, -0.05) is 31.1 Å². The van der Waals surface area contributed by atoms with E-state index in [-0.39, 0.29) is 6.61 Å². The van der Waals surface area contributed by atoms with Crippen LogP contribution in [-0.2, 0) is 0 Å². The molecule has 1 fully saturated rings. The number of hydrogen-bond donors (Lipinski definition) is 1. The third kappa shape index (κ3) is 6.46. The summed E-state index contributed by atoms with van der Waals surface area (Å²) >= 11 is 2.06. The second-order valence-corrected chi connectivity index (χ2v) is 6.69. The Hall–Kier alpha value is -1.11. The van der Waals surface area contributed by atoms with E-state index in [1.807, 2.05) is 24.3 Å². The number of benzene rings is 1. The molecule has 2 nitrogen and oxygen atoms in total. The predicted octanol–water partition coefficient (Wildman–Crippen LogP) is 3.87. The number of thioether (sulfide) groups is 1. The van der Waals surface area contributed by atoms with Crippen LogP contribution in [0.4, 0.5) is 0 Å². The maximum atomic E-state index is 8.68. The molecule has 0 radical (unpaired) electrons. The Bertz CT molecular complexity index is 452. The minimum absolute atomic E-state index is 0.118. The molecular weight excluding hydrogens is 280 g/mol. The lowest BCUT2D eigenvalue weighted by Gasteiger charge is -2.20. The maximum Gasteiger partial charge on any atom is 0.119 e. The molecule has 1 aromatic rings. The Balaban J connectivity index is 1.65. The van der Waals surface area contributed by atoms with Gasteiger partial charge in [0.25, 0.3) is 0 Å². The molecule has 1 aliphatic carbocycles. The van der Waals surface area contributed by atoms with E-state index < -0.39 is 0 Å². The van der Waals surface area contributed by atoms with Gasteiger partial charge in [0.05, 0.1) is 13.2 Å². The van der Waals surface area contributed by atoms with Crippen LogP contribution in [0.1, 0.15) is 44.1 Å². The summed E-state index contributed by atoms with van der Waals surface area (Å²) in [6.07, 6.45) is 7.50. The van der Waals surface area contributed by atoms with E-state index in [1.54, 1.807) is 0 Å². The molecule has 0 aliphatic heterocycles. The van der Waals surface area contributed by atoms with Crippen molar-refractivity contribution in [3.63, 3.8) is 0 Å². The Morgan fingerprint density at radius 3 is 2.62 bits per heavy atom. The fraction of sp³-hybridized carbons (Fsp3) is 0.556. The number of aliphatic hydroxyl groups is 1. The molecule has 1 aromatic carbocycles. The van der Waals surface area contributed by atoms with Crippen LogP contribution in [0.5, 0.6) is 5.75 Å². The van der Waals surface area contributed by atoms with Gasteiger partial charge in [0.2, 0.25) is 0 Å². The van der Waals surface area contributed by atoms with Crippen molar-refractivity contribution in [2.45, 2.75) is 43.8 Å². The fourth-order valence-corrected chi connectivity index (χ4v) is 3.64. The van der Waals surface area contributed by atoms with Gasteiger partial charge < -0.3 is 9.84 Å². The van der Waals surface area contributed by atoms with Gasteiger partial charge in [-0.3, -0.25) is 0 Å². The van der Waals surface area contributed by atoms with E-state index in [0.29, 0.717) is 6.42 Å². The lowest BCUT2D eigenvalue weighted by Crippen LogP contribution is -2.11. The lowest BCUT2D eigenvalue weighted by molar-refractivity contribution is 0.305. The van der Waals surface area contributed by atoms with Crippen molar-refractivity contribution in [2.75, 3.05) is 19.0 Å². The Morgan fingerprint density at radius 1 is 1.14 bits per heavy atom. The molecule has 1 saturated carbocycles. The summed E-state index contributed by atoms with van der Waals surface area (Å²) in [5, 5.41) is 9.53. The standard InChI is InChI=1S/C18H24O2S/c19-13-5-4-6-16-9-11-17(12-10-16)20-14-15-21-18-7-2-1-3-8-18/h9-12,18-19H,1-3,5,7-8,13-15H2. The average molecular weight is 304 g/mol. The third-order valence-electron chi connectivity index (χ3n) is 3.58. The van der Waals surface area contributed by atoms with Crippen LogP contribution in [0.2, 0.25) is 0 Å². The molecule has 21 heavy (non-hydrogen) atoms. The van der Waals surface area contributed by atoms with Gasteiger partial charge in [0.15, 0.2) is 0 Å². The molecule has 0 unspecified atom stereocenters. The summed E-state index contributed by atoms with van der Waals surface area (Å²) in [7, 11) is 0. The lowest BCUT2D eigenvalue weighted by atomic mass is 10.0. The third-order valence-corrected chi connectivity index (χ3v) is 4.93. The van der Waals surface area contributed by atoms with Crippen molar-refractivity contribution in [3.8, 4) is 17.6 Å². The van der Waals surface area contributed by atoms with E-state index in [1.165, 1.54) is 32.1 Å². The van der Waals surface area contributed by atoms with Gasteiger partial charge >= 0.3 is 0 Å². The van der Waals surface area contributed by atoms with Gasteiger partial charge in [0, 0.05) is 23.0 Å². The summed E-state index contributed by atoms with van der Waals surface area (Å²) < 4.78 is 5.77. The molecule has 0 bridgehead atoms. The second-order valence-electron chi connectivity index (χ2n) is 5.28. The minimum Gasteiger partial charge on any atom is -0.493 e. The van der Waals surface area contributed by atoms with E-state index in [9.17, 15) is 0 Å². The highest BCUT2D eigenvalue weighted by atomic mass is 32.2. The van der Waals surface area contributed by atoms with Crippen LogP contribution in [0.25, 0.3) is 0 Å². The molecule has 0 atom stereocenters. The first-order valence-electron chi connectivity index (χ1n) is 7.82. The zero-order chi connectivity index (χ0) is 14.8. The molecule has 0 amide bonds. The first kappa shape index (κ1) is 16.3. The Kier molecular flexibility index (Phi) is 7.56. The van der Waals surface area contributed by atoms with E-state index >= 15 is 0 Å².